The lowest BCUT2D eigenvalue weighted by atomic mass is 10.1. The maximum Gasteiger partial charge on any atom is 0.416 e. The topological polar surface area (TPSA) is 52.6 Å². The van der Waals surface area contributed by atoms with Crippen LogP contribution >= 0.6 is 0 Å². The van der Waals surface area contributed by atoms with Gasteiger partial charge in [-0.05, 0) is 39.0 Å². The molecule has 0 saturated carbocycles. The minimum absolute atomic E-state index is 0.0428. The Bertz CT molecular complexity index is 536. The molecule has 0 aliphatic rings. The molecule has 116 valence electrons. The molecular formula is C14H15F3O4. The van der Waals surface area contributed by atoms with E-state index in [2.05, 4.69) is 4.74 Å². The number of carbonyl (C=O) groups excluding carboxylic acids is 2. The molecule has 0 aliphatic carbocycles. The Morgan fingerprint density at radius 2 is 1.81 bits per heavy atom. The molecule has 0 unspecified atom stereocenters. The third-order valence-corrected chi connectivity index (χ3v) is 2.33. The van der Waals surface area contributed by atoms with Crippen LogP contribution in [0.2, 0.25) is 0 Å². The Labute approximate surface area is 119 Å². The predicted octanol–water partition coefficient (Wildman–Crippen LogP) is 3.24. The summed E-state index contributed by atoms with van der Waals surface area (Å²) in [4.78, 5) is 23.1. The van der Waals surface area contributed by atoms with Gasteiger partial charge in [0.15, 0.2) is 0 Å². The number of hydrogen-bond donors (Lipinski definition) is 0. The monoisotopic (exact) mass is 304 g/mol. The van der Waals surface area contributed by atoms with Gasteiger partial charge in [0, 0.05) is 5.56 Å². The molecule has 1 aromatic carbocycles. The Hall–Kier alpha value is -2.05. The highest BCUT2D eigenvalue weighted by atomic mass is 19.4. The summed E-state index contributed by atoms with van der Waals surface area (Å²) in [5.41, 5.74) is -1.48. The number of rotatable bonds is 5. The fourth-order valence-corrected chi connectivity index (χ4v) is 1.55. The number of alkyl halides is 3. The molecule has 0 atom stereocenters. The molecule has 0 N–H and O–H groups in total. The van der Waals surface area contributed by atoms with Crippen molar-refractivity contribution in [2.24, 2.45) is 0 Å². The third-order valence-electron chi connectivity index (χ3n) is 2.33. The average Bonchev–Trinajstić information content (AvgIpc) is 2.35. The summed E-state index contributed by atoms with van der Waals surface area (Å²) < 4.78 is 48.1. The summed E-state index contributed by atoms with van der Waals surface area (Å²) in [6.45, 7) is 4.71. The number of esters is 1. The molecule has 0 aromatic heterocycles. The van der Waals surface area contributed by atoms with E-state index in [1.54, 1.807) is 13.8 Å². The van der Waals surface area contributed by atoms with Gasteiger partial charge in [-0.3, -0.25) is 4.79 Å². The fourth-order valence-electron chi connectivity index (χ4n) is 1.55. The van der Waals surface area contributed by atoms with Gasteiger partial charge in [0.2, 0.25) is 0 Å². The van der Waals surface area contributed by atoms with Gasteiger partial charge < -0.3 is 9.47 Å². The average molecular weight is 304 g/mol. The summed E-state index contributed by atoms with van der Waals surface area (Å²) >= 11 is 0. The standard InChI is InChI=1S/C14H15F3O4/c1-4-20-13(19)12(18)9-5-10(14(15,16)17)7-11(6-9)21-8(2)3/h5-8H,4H2,1-3H3. The molecule has 0 bridgehead atoms. The van der Waals surface area contributed by atoms with E-state index in [-0.39, 0.29) is 18.5 Å². The van der Waals surface area contributed by atoms with Crippen molar-refractivity contribution in [2.75, 3.05) is 6.61 Å². The Morgan fingerprint density at radius 3 is 2.29 bits per heavy atom. The zero-order valence-electron chi connectivity index (χ0n) is 11.8. The number of benzene rings is 1. The SMILES string of the molecule is CCOC(=O)C(=O)c1cc(OC(C)C)cc(C(F)(F)F)c1. The maximum atomic E-state index is 12.8. The minimum atomic E-state index is -4.65. The van der Waals surface area contributed by atoms with Crippen molar-refractivity contribution in [3.05, 3.63) is 29.3 Å². The van der Waals surface area contributed by atoms with Crippen LogP contribution in [0, 0.1) is 0 Å². The second-order valence-electron chi connectivity index (χ2n) is 4.46. The van der Waals surface area contributed by atoms with Gasteiger partial charge in [0.25, 0.3) is 5.78 Å². The van der Waals surface area contributed by atoms with Crippen molar-refractivity contribution in [1.29, 1.82) is 0 Å². The summed E-state index contributed by atoms with van der Waals surface area (Å²) in [6.07, 6.45) is -5.03. The minimum Gasteiger partial charge on any atom is -0.491 e. The smallest absolute Gasteiger partial charge is 0.416 e. The molecule has 0 saturated heterocycles. The van der Waals surface area contributed by atoms with E-state index >= 15 is 0 Å². The van der Waals surface area contributed by atoms with Crippen molar-refractivity contribution in [3.63, 3.8) is 0 Å². The quantitative estimate of drug-likeness (QED) is 0.476. The molecule has 0 radical (unpaired) electrons. The van der Waals surface area contributed by atoms with Crippen molar-refractivity contribution in [2.45, 2.75) is 33.1 Å². The zero-order valence-corrected chi connectivity index (χ0v) is 11.8. The van der Waals surface area contributed by atoms with Gasteiger partial charge >= 0.3 is 12.1 Å². The van der Waals surface area contributed by atoms with Crippen LogP contribution in [0.25, 0.3) is 0 Å². The van der Waals surface area contributed by atoms with Gasteiger partial charge in [-0.15, -0.1) is 0 Å². The highest BCUT2D eigenvalue weighted by Crippen LogP contribution is 2.33. The van der Waals surface area contributed by atoms with E-state index in [0.29, 0.717) is 6.07 Å². The Balaban J connectivity index is 3.24. The first-order valence-corrected chi connectivity index (χ1v) is 6.25. The molecule has 1 rings (SSSR count). The lowest BCUT2D eigenvalue weighted by molar-refractivity contribution is -0.139. The highest BCUT2D eigenvalue weighted by Gasteiger charge is 2.33. The van der Waals surface area contributed by atoms with E-state index in [1.807, 2.05) is 0 Å². The number of Topliss-reactive ketones (excluding diaryl/α,β-unsaturated/α-hetero) is 1. The van der Waals surface area contributed by atoms with Crippen molar-refractivity contribution in [1.82, 2.24) is 0 Å². The van der Waals surface area contributed by atoms with Crippen LogP contribution in [0.3, 0.4) is 0 Å². The molecule has 0 aliphatic heterocycles. The molecule has 0 fully saturated rings. The molecule has 0 amide bonds. The van der Waals surface area contributed by atoms with Crippen LogP contribution in [-0.4, -0.2) is 24.5 Å². The van der Waals surface area contributed by atoms with Crippen LogP contribution in [0.15, 0.2) is 18.2 Å². The summed E-state index contributed by atoms with van der Waals surface area (Å²) in [6, 6.07) is 2.48. The highest BCUT2D eigenvalue weighted by molar-refractivity contribution is 6.40. The number of ether oxygens (including phenoxy) is 2. The molecular weight excluding hydrogens is 289 g/mol. The first kappa shape index (κ1) is 17.0. The van der Waals surface area contributed by atoms with Crippen LogP contribution < -0.4 is 4.74 Å². The lowest BCUT2D eigenvalue weighted by Gasteiger charge is -2.14. The number of hydrogen-bond acceptors (Lipinski definition) is 4. The third kappa shape index (κ3) is 4.77. The van der Waals surface area contributed by atoms with Crippen molar-refractivity contribution in [3.8, 4) is 5.75 Å². The van der Waals surface area contributed by atoms with Crippen LogP contribution in [-0.2, 0) is 15.7 Å². The van der Waals surface area contributed by atoms with E-state index in [4.69, 9.17) is 4.74 Å². The molecule has 0 spiro atoms. The number of halogens is 3. The summed E-state index contributed by atoms with van der Waals surface area (Å²) in [5, 5.41) is 0. The molecule has 4 nitrogen and oxygen atoms in total. The fraction of sp³-hybridized carbons (Fsp3) is 0.429. The van der Waals surface area contributed by atoms with E-state index < -0.39 is 29.1 Å². The summed E-state index contributed by atoms with van der Waals surface area (Å²) in [7, 11) is 0. The van der Waals surface area contributed by atoms with Crippen molar-refractivity contribution < 1.29 is 32.2 Å². The van der Waals surface area contributed by atoms with Crippen molar-refractivity contribution >= 4 is 11.8 Å². The van der Waals surface area contributed by atoms with Gasteiger partial charge in [0.05, 0.1) is 18.3 Å². The van der Waals surface area contributed by atoms with Gasteiger partial charge in [-0.2, -0.15) is 13.2 Å². The van der Waals surface area contributed by atoms with Gasteiger partial charge in [-0.25, -0.2) is 4.79 Å². The molecule has 1 aromatic rings. The zero-order chi connectivity index (χ0) is 16.2. The molecule has 7 heteroatoms. The van der Waals surface area contributed by atoms with E-state index in [9.17, 15) is 22.8 Å². The molecule has 0 heterocycles. The van der Waals surface area contributed by atoms with E-state index in [0.717, 1.165) is 12.1 Å². The maximum absolute atomic E-state index is 12.8. The van der Waals surface area contributed by atoms with Crippen LogP contribution in [0.1, 0.15) is 36.7 Å². The largest absolute Gasteiger partial charge is 0.491 e. The Kier molecular flexibility index (Phi) is 5.34. The lowest BCUT2D eigenvalue weighted by Crippen LogP contribution is -2.19. The second kappa shape index (κ2) is 6.60. The molecule has 21 heavy (non-hydrogen) atoms. The van der Waals surface area contributed by atoms with E-state index in [1.165, 1.54) is 6.92 Å². The van der Waals surface area contributed by atoms with Crippen LogP contribution in [0.5, 0.6) is 5.75 Å². The number of carbonyl (C=O) groups is 2. The van der Waals surface area contributed by atoms with Gasteiger partial charge in [0.1, 0.15) is 5.75 Å². The number of ketones is 1. The van der Waals surface area contributed by atoms with Gasteiger partial charge in [-0.1, -0.05) is 0 Å². The van der Waals surface area contributed by atoms with Crippen LogP contribution in [0.4, 0.5) is 13.2 Å². The Morgan fingerprint density at radius 1 is 1.19 bits per heavy atom. The second-order valence-corrected chi connectivity index (χ2v) is 4.46. The normalized spacial score (nSPS) is 11.4. The predicted molar refractivity (Wildman–Crippen MR) is 68.2 cm³/mol. The summed E-state index contributed by atoms with van der Waals surface area (Å²) in [5.74, 6) is -2.48. The first-order chi connectivity index (χ1) is 9.65. The first-order valence-electron chi connectivity index (χ1n) is 6.25.